The molecule has 0 amide bonds. The van der Waals surface area contributed by atoms with E-state index < -0.39 is 11.7 Å². The zero-order valence-electron chi connectivity index (χ0n) is 11.3. The minimum Gasteiger partial charge on any atom is -0.398 e. The quantitative estimate of drug-likeness (QED) is 0.684. The highest BCUT2D eigenvalue weighted by molar-refractivity contribution is 5.59. The lowest BCUT2D eigenvalue weighted by molar-refractivity contribution is -0.136. The van der Waals surface area contributed by atoms with Crippen molar-refractivity contribution in [1.29, 1.82) is 0 Å². The average Bonchev–Trinajstić information content (AvgIpc) is 2.37. The normalized spacial score (nSPS) is 11.5. The van der Waals surface area contributed by atoms with Crippen LogP contribution in [-0.4, -0.2) is 7.05 Å². The first-order valence-corrected chi connectivity index (χ1v) is 6.19. The number of hydrogen-bond acceptors (Lipinski definition) is 2. The summed E-state index contributed by atoms with van der Waals surface area (Å²) in [4.78, 5) is 1.60. The summed E-state index contributed by atoms with van der Waals surface area (Å²) in [6.07, 6.45) is -4.50. The number of anilines is 2. The second-order valence-corrected chi connectivity index (χ2v) is 4.76. The molecule has 0 heterocycles. The molecule has 2 N–H and O–H groups in total. The highest BCUT2D eigenvalue weighted by atomic mass is 19.4. The van der Waals surface area contributed by atoms with Crippen LogP contribution in [0.2, 0.25) is 0 Å². The highest BCUT2D eigenvalue weighted by Gasteiger charge is 2.33. The summed E-state index contributed by atoms with van der Waals surface area (Å²) in [6.45, 7) is 0.291. The largest absolute Gasteiger partial charge is 0.418 e. The fourth-order valence-electron chi connectivity index (χ4n) is 2.03. The van der Waals surface area contributed by atoms with Crippen LogP contribution in [0.15, 0.2) is 42.5 Å². The second-order valence-electron chi connectivity index (χ2n) is 4.76. The van der Waals surface area contributed by atoms with Gasteiger partial charge in [-0.15, -0.1) is 0 Å². The standard InChI is InChI=1S/C15H14F4N2/c1-21(9-10-3-2-4-11(16)7-10)12-5-6-14(20)13(8-12)15(17,18)19/h2-8H,9,20H2,1H3. The lowest BCUT2D eigenvalue weighted by Crippen LogP contribution is -2.18. The van der Waals surface area contributed by atoms with Crippen molar-refractivity contribution >= 4 is 11.4 Å². The van der Waals surface area contributed by atoms with Crippen molar-refractivity contribution < 1.29 is 17.6 Å². The molecule has 0 unspecified atom stereocenters. The van der Waals surface area contributed by atoms with Gasteiger partial charge in [0.15, 0.2) is 0 Å². The fourth-order valence-corrected chi connectivity index (χ4v) is 2.03. The third kappa shape index (κ3) is 3.65. The van der Waals surface area contributed by atoms with Crippen molar-refractivity contribution in [3.63, 3.8) is 0 Å². The molecule has 2 aromatic rings. The summed E-state index contributed by atoms with van der Waals surface area (Å²) >= 11 is 0. The Hall–Kier alpha value is -2.24. The molecule has 2 rings (SSSR count). The zero-order valence-corrected chi connectivity index (χ0v) is 11.3. The van der Waals surface area contributed by atoms with Gasteiger partial charge in [0.1, 0.15) is 5.82 Å². The van der Waals surface area contributed by atoms with Crippen molar-refractivity contribution in [3.05, 3.63) is 59.4 Å². The predicted molar refractivity (Wildman–Crippen MR) is 74.4 cm³/mol. The Balaban J connectivity index is 2.25. The van der Waals surface area contributed by atoms with Crippen LogP contribution in [0, 0.1) is 5.82 Å². The minimum atomic E-state index is -4.50. The van der Waals surface area contributed by atoms with Crippen LogP contribution in [-0.2, 0) is 12.7 Å². The first-order chi connectivity index (χ1) is 9.77. The maximum atomic E-state index is 13.1. The lowest BCUT2D eigenvalue weighted by Gasteiger charge is -2.21. The number of hydrogen-bond donors (Lipinski definition) is 1. The average molecular weight is 298 g/mol. The Morgan fingerprint density at radius 3 is 2.43 bits per heavy atom. The fraction of sp³-hybridized carbons (Fsp3) is 0.200. The van der Waals surface area contributed by atoms with Crippen LogP contribution < -0.4 is 10.6 Å². The Labute approximate surface area is 119 Å². The Bertz CT molecular complexity index is 638. The summed E-state index contributed by atoms with van der Waals surface area (Å²) in [5, 5.41) is 0. The van der Waals surface area contributed by atoms with Crippen molar-refractivity contribution in [3.8, 4) is 0 Å². The minimum absolute atomic E-state index is 0.291. The van der Waals surface area contributed by atoms with Crippen LogP contribution in [0.5, 0.6) is 0 Å². The third-order valence-corrected chi connectivity index (χ3v) is 3.09. The van der Waals surface area contributed by atoms with Crippen molar-refractivity contribution in [2.45, 2.75) is 12.7 Å². The number of alkyl halides is 3. The topological polar surface area (TPSA) is 29.3 Å². The van der Waals surface area contributed by atoms with E-state index in [2.05, 4.69) is 0 Å². The maximum Gasteiger partial charge on any atom is 0.418 e. The van der Waals surface area contributed by atoms with Gasteiger partial charge >= 0.3 is 6.18 Å². The van der Waals surface area contributed by atoms with Crippen LogP contribution in [0.1, 0.15) is 11.1 Å². The highest BCUT2D eigenvalue weighted by Crippen LogP contribution is 2.35. The number of rotatable bonds is 3. The van der Waals surface area contributed by atoms with Crippen molar-refractivity contribution in [1.82, 2.24) is 0 Å². The van der Waals surface area contributed by atoms with Gasteiger partial charge in [-0.05, 0) is 35.9 Å². The predicted octanol–water partition coefficient (Wildman–Crippen LogP) is 4.06. The molecule has 0 saturated heterocycles. The molecule has 0 aromatic heterocycles. The first kappa shape index (κ1) is 15.2. The summed E-state index contributed by atoms with van der Waals surface area (Å²) in [6, 6.07) is 9.65. The van der Waals surface area contributed by atoms with E-state index in [0.717, 1.165) is 6.07 Å². The summed E-state index contributed by atoms with van der Waals surface area (Å²) in [5.74, 6) is -0.380. The van der Waals surface area contributed by atoms with E-state index >= 15 is 0 Å². The number of halogens is 4. The van der Waals surface area contributed by atoms with Gasteiger partial charge < -0.3 is 10.6 Å². The first-order valence-electron chi connectivity index (χ1n) is 6.19. The molecular formula is C15H14F4N2. The Morgan fingerprint density at radius 1 is 1.10 bits per heavy atom. The van der Waals surface area contributed by atoms with E-state index in [9.17, 15) is 17.6 Å². The van der Waals surface area contributed by atoms with Crippen LogP contribution in [0.3, 0.4) is 0 Å². The van der Waals surface area contributed by atoms with E-state index in [1.165, 1.54) is 24.3 Å². The van der Waals surface area contributed by atoms with Crippen LogP contribution >= 0.6 is 0 Å². The summed E-state index contributed by atoms with van der Waals surface area (Å²) in [5.41, 5.74) is 5.21. The molecule has 0 aliphatic carbocycles. The summed E-state index contributed by atoms with van der Waals surface area (Å²) < 4.78 is 51.6. The van der Waals surface area contributed by atoms with Gasteiger partial charge in [-0.25, -0.2) is 4.39 Å². The van der Waals surface area contributed by atoms with E-state index in [-0.39, 0.29) is 11.5 Å². The molecule has 0 radical (unpaired) electrons. The van der Waals surface area contributed by atoms with Gasteiger partial charge in [0.25, 0.3) is 0 Å². The van der Waals surface area contributed by atoms with Crippen LogP contribution in [0.25, 0.3) is 0 Å². The smallest absolute Gasteiger partial charge is 0.398 e. The molecule has 0 aliphatic heterocycles. The molecular weight excluding hydrogens is 284 g/mol. The van der Waals surface area contributed by atoms with Crippen molar-refractivity contribution in [2.75, 3.05) is 17.7 Å². The third-order valence-electron chi connectivity index (χ3n) is 3.09. The summed E-state index contributed by atoms with van der Waals surface area (Å²) in [7, 11) is 1.64. The Kier molecular flexibility index (Phi) is 4.06. The zero-order chi connectivity index (χ0) is 15.6. The number of nitrogens with zero attached hydrogens (tertiary/aromatic N) is 1. The SMILES string of the molecule is CN(Cc1cccc(F)c1)c1ccc(N)c(C(F)(F)F)c1. The van der Waals surface area contributed by atoms with E-state index in [1.807, 2.05) is 0 Å². The molecule has 0 spiro atoms. The van der Waals surface area contributed by atoms with E-state index in [1.54, 1.807) is 24.1 Å². The maximum absolute atomic E-state index is 13.1. The van der Waals surface area contributed by atoms with E-state index in [4.69, 9.17) is 5.73 Å². The molecule has 6 heteroatoms. The van der Waals surface area contributed by atoms with Crippen molar-refractivity contribution in [2.24, 2.45) is 0 Å². The van der Waals surface area contributed by atoms with Gasteiger partial charge in [0, 0.05) is 25.0 Å². The molecule has 21 heavy (non-hydrogen) atoms. The molecule has 112 valence electrons. The van der Waals surface area contributed by atoms with Gasteiger partial charge in [-0.1, -0.05) is 12.1 Å². The molecule has 0 bridgehead atoms. The van der Waals surface area contributed by atoms with Gasteiger partial charge in [0.05, 0.1) is 5.56 Å². The monoisotopic (exact) mass is 298 g/mol. The molecule has 0 saturated carbocycles. The van der Waals surface area contributed by atoms with E-state index in [0.29, 0.717) is 17.8 Å². The van der Waals surface area contributed by atoms with Gasteiger partial charge in [0.2, 0.25) is 0 Å². The molecule has 2 nitrogen and oxygen atoms in total. The molecule has 0 atom stereocenters. The van der Waals surface area contributed by atoms with Gasteiger partial charge in [-0.3, -0.25) is 0 Å². The van der Waals surface area contributed by atoms with Gasteiger partial charge in [-0.2, -0.15) is 13.2 Å². The molecule has 0 fully saturated rings. The second kappa shape index (κ2) is 5.63. The molecule has 0 aliphatic rings. The number of nitrogen functional groups attached to an aromatic ring is 1. The van der Waals surface area contributed by atoms with Crippen LogP contribution in [0.4, 0.5) is 28.9 Å². The number of nitrogens with two attached hydrogens (primary N) is 1. The Morgan fingerprint density at radius 2 is 1.81 bits per heavy atom. The molecule has 2 aromatic carbocycles. The lowest BCUT2D eigenvalue weighted by atomic mass is 10.1. The number of benzene rings is 2.